The van der Waals surface area contributed by atoms with Gasteiger partial charge in [-0.25, -0.2) is 0 Å². The first kappa shape index (κ1) is 20.1. The Hall–Kier alpha value is -3.23. The van der Waals surface area contributed by atoms with Crippen molar-refractivity contribution in [2.75, 3.05) is 6.54 Å². The molecule has 1 amide bonds. The number of halogens is 1. The molecular weight excluding hydrogens is 408 g/mol. The summed E-state index contributed by atoms with van der Waals surface area (Å²) in [6, 6.07) is 8.49. The van der Waals surface area contributed by atoms with Crippen molar-refractivity contribution in [2.24, 2.45) is 5.73 Å². The van der Waals surface area contributed by atoms with E-state index in [2.05, 4.69) is 10.2 Å². The topological polar surface area (TPSA) is 136 Å². The predicted molar refractivity (Wildman–Crippen MR) is 111 cm³/mol. The maximum Gasteiger partial charge on any atom is 0.240 e. The molecule has 3 aromatic rings. The summed E-state index contributed by atoms with van der Waals surface area (Å²) in [5.74, 6) is -0.404. The molecule has 156 valence electrons. The van der Waals surface area contributed by atoms with Crippen molar-refractivity contribution in [3.05, 3.63) is 58.2 Å². The third-order valence-corrected chi connectivity index (χ3v) is 5.58. The maximum atomic E-state index is 12.9. The molecule has 4 rings (SSSR count). The van der Waals surface area contributed by atoms with E-state index in [1.165, 1.54) is 6.07 Å². The molecule has 2 aromatic carbocycles. The maximum absolute atomic E-state index is 12.9. The number of phenolic OH excluding ortho intramolecular Hbond substituents is 3. The monoisotopic (exact) mass is 428 g/mol. The number of amides is 1. The van der Waals surface area contributed by atoms with Crippen molar-refractivity contribution < 1.29 is 20.1 Å². The molecule has 0 aliphatic carbocycles. The lowest BCUT2D eigenvalue weighted by atomic mass is 9.99. The van der Waals surface area contributed by atoms with E-state index in [1.54, 1.807) is 29.2 Å². The molecule has 0 spiro atoms. The van der Waals surface area contributed by atoms with Gasteiger partial charge in [0.2, 0.25) is 5.91 Å². The van der Waals surface area contributed by atoms with Crippen LogP contribution in [0.1, 0.15) is 16.8 Å². The Bertz CT molecular complexity index is 1100. The lowest BCUT2D eigenvalue weighted by molar-refractivity contribution is -0.133. The number of nitrogens with zero attached hydrogens (tertiary/aromatic N) is 2. The molecule has 1 aliphatic rings. The first-order chi connectivity index (χ1) is 14.3. The number of hydrogen-bond acceptors (Lipinski definition) is 6. The lowest BCUT2D eigenvalue weighted by Gasteiger charge is -2.29. The zero-order chi connectivity index (χ0) is 21.4. The average Bonchev–Trinajstić information content (AvgIpc) is 3.14. The van der Waals surface area contributed by atoms with Crippen LogP contribution in [0.25, 0.3) is 11.3 Å². The molecule has 1 aromatic heterocycles. The molecular formula is C21H21ClN4O4. The smallest absolute Gasteiger partial charge is 0.240 e. The van der Waals surface area contributed by atoms with Gasteiger partial charge in [0.05, 0.1) is 11.1 Å². The zero-order valence-corrected chi connectivity index (χ0v) is 16.7. The Kier molecular flexibility index (Phi) is 5.27. The van der Waals surface area contributed by atoms with E-state index in [9.17, 15) is 20.1 Å². The van der Waals surface area contributed by atoms with Gasteiger partial charge in [0.25, 0.3) is 0 Å². The normalized spacial score (nSPS) is 14.4. The van der Waals surface area contributed by atoms with Gasteiger partial charge >= 0.3 is 0 Å². The van der Waals surface area contributed by atoms with Crippen LogP contribution < -0.4 is 5.73 Å². The first-order valence-corrected chi connectivity index (χ1v) is 9.81. The third-order valence-electron chi connectivity index (χ3n) is 5.27. The van der Waals surface area contributed by atoms with Gasteiger partial charge in [-0.2, -0.15) is 5.10 Å². The number of carbonyl (C=O) groups is 1. The quantitative estimate of drug-likeness (QED) is 0.432. The van der Waals surface area contributed by atoms with E-state index in [1.807, 2.05) is 0 Å². The third kappa shape index (κ3) is 3.79. The summed E-state index contributed by atoms with van der Waals surface area (Å²) in [6.45, 7) is 0.792. The molecule has 1 aliphatic heterocycles. The van der Waals surface area contributed by atoms with Crippen molar-refractivity contribution >= 4 is 17.5 Å². The number of hydrogen-bond donors (Lipinski definition) is 5. The second kappa shape index (κ2) is 7.89. The van der Waals surface area contributed by atoms with E-state index in [0.29, 0.717) is 37.2 Å². The van der Waals surface area contributed by atoms with Gasteiger partial charge in [-0.15, -0.1) is 0 Å². The molecule has 1 atom stereocenters. The summed E-state index contributed by atoms with van der Waals surface area (Å²) >= 11 is 6.00. The van der Waals surface area contributed by atoms with Gasteiger partial charge in [-0.3, -0.25) is 9.89 Å². The number of aromatic nitrogens is 2. The molecule has 0 unspecified atom stereocenters. The van der Waals surface area contributed by atoms with Crippen LogP contribution in [0.5, 0.6) is 17.2 Å². The molecule has 0 saturated carbocycles. The summed E-state index contributed by atoms with van der Waals surface area (Å²) in [5, 5.41) is 36.7. The number of aromatic hydroxyl groups is 3. The molecule has 9 heteroatoms. The first-order valence-electron chi connectivity index (χ1n) is 9.43. The minimum absolute atomic E-state index is 0.0965. The summed E-state index contributed by atoms with van der Waals surface area (Å²) in [4.78, 5) is 14.6. The second-order valence-electron chi connectivity index (χ2n) is 7.34. The van der Waals surface area contributed by atoms with Gasteiger partial charge in [-0.05, 0) is 30.2 Å². The number of nitrogens with one attached hydrogen (secondary N) is 1. The summed E-state index contributed by atoms with van der Waals surface area (Å²) < 4.78 is 0. The van der Waals surface area contributed by atoms with Gasteiger partial charge < -0.3 is 26.0 Å². The molecule has 2 heterocycles. The second-order valence-corrected chi connectivity index (χ2v) is 7.74. The number of fused-ring (bicyclic) bond motifs is 1. The highest BCUT2D eigenvalue weighted by Gasteiger charge is 2.29. The number of aromatic amines is 1. The van der Waals surface area contributed by atoms with Crippen molar-refractivity contribution in [3.8, 4) is 28.5 Å². The number of phenols is 3. The van der Waals surface area contributed by atoms with Crippen LogP contribution in [0.2, 0.25) is 5.02 Å². The average molecular weight is 429 g/mol. The van der Waals surface area contributed by atoms with Crippen molar-refractivity contribution in [3.63, 3.8) is 0 Å². The number of carbonyl (C=O) groups excluding carboxylic acids is 1. The van der Waals surface area contributed by atoms with Crippen LogP contribution in [0.15, 0.2) is 36.4 Å². The number of rotatable bonds is 4. The van der Waals surface area contributed by atoms with Crippen LogP contribution in [0.4, 0.5) is 0 Å². The van der Waals surface area contributed by atoms with Crippen LogP contribution in [-0.2, 0) is 24.2 Å². The molecule has 30 heavy (non-hydrogen) atoms. The fraction of sp³-hybridized carbons (Fsp3) is 0.238. The van der Waals surface area contributed by atoms with Crippen LogP contribution in [0.3, 0.4) is 0 Å². The van der Waals surface area contributed by atoms with E-state index in [0.717, 1.165) is 22.9 Å². The summed E-state index contributed by atoms with van der Waals surface area (Å²) in [5.41, 5.74) is 9.54. The SMILES string of the molecule is N[C@H](Cc1ccc(O)cc1)C(=O)N1CCc2[nH]nc(-c3cc(Cl)c(O)cc3O)c2C1. The van der Waals surface area contributed by atoms with Gasteiger partial charge in [0, 0.05) is 42.4 Å². The Morgan fingerprint density at radius 3 is 2.67 bits per heavy atom. The van der Waals surface area contributed by atoms with Gasteiger partial charge in [0.15, 0.2) is 0 Å². The highest BCUT2D eigenvalue weighted by Crippen LogP contribution is 2.39. The van der Waals surface area contributed by atoms with Crippen molar-refractivity contribution in [1.29, 1.82) is 0 Å². The van der Waals surface area contributed by atoms with E-state index in [4.69, 9.17) is 17.3 Å². The standard InChI is InChI=1S/C21H21ClN4O4/c22-15-8-13(18(28)9-19(15)29)20-14-10-26(6-5-17(14)24-25-20)21(30)16(23)7-11-1-3-12(27)4-2-11/h1-4,8-9,16,27-29H,5-7,10,23H2,(H,24,25)/t16-/m1/s1. The van der Waals surface area contributed by atoms with Crippen LogP contribution >= 0.6 is 11.6 Å². The molecule has 0 saturated heterocycles. The fourth-order valence-electron chi connectivity index (χ4n) is 3.65. The van der Waals surface area contributed by atoms with E-state index in [-0.39, 0.29) is 28.2 Å². The van der Waals surface area contributed by atoms with E-state index < -0.39 is 6.04 Å². The Balaban J connectivity index is 1.55. The number of nitrogens with two attached hydrogens (primary N) is 1. The summed E-state index contributed by atoms with van der Waals surface area (Å²) in [6.07, 6.45) is 0.932. The molecule has 8 nitrogen and oxygen atoms in total. The van der Waals surface area contributed by atoms with Crippen LogP contribution in [-0.4, -0.2) is 48.9 Å². The molecule has 0 radical (unpaired) electrons. The molecule has 0 fully saturated rings. The van der Waals surface area contributed by atoms with Crippen LogP contribution in [0, 0.1) is 0 Å². The predicted octanol–water partition coefficient (Wildman–Crippen LogP) is 2.30. The zero-order valence-electron chi connectivity index (χ0n) is 16.0. The Morgan fingerprint density at radius 1 is 1.20 bits per heavy atom. The fourth-order valence-corrected chi connectivity index (χ4v) is 3.82. The van der Waals surface area contributed by atoms with Crippen molar-refractivity contribution in [2.45, 2.75) is 25.4 Å². The molecule has 6 N–H and O–H groups in total. The largest absolute Gasteiger partial charge is 0.508 e. The Morgan fingerprint density at radius 2 is 1.93 bits per heavy atom. The van der Waals surface area contributed by atoms with E-state index >= 15 is 0 Å². The Labute approximate surface area is 177 Å². The summed E-state index contributed by atoms with van der Waals surface area (Å²) in [7, 11) is 0. The highest BCUT2D eigenvalue weighted by molar-refractivity contribution is 6.32. The minimum atomic E-state index is -0.719. The lowest BCUT2D eigenvalue weighted by Crippen LogP contribution is -2.46. The minimum Gasteiger partial charge on any atom is -0.508 e. The van der Waals surface area contributed by atoms with Crippen molar-refractivity contribution in [1.82, 2.24) is 15.1 Å². The number of benzene rings is 2. The van der Waals surface area contributed by atoms with Gasteiger partial charge in [0.1, 0.15) is 22.9 Å². The molecule has 0 bridgehead atoms. The highest BCUT2D eigenvalue weighted by atomic mass is 35.5. The number of H-pyrrole nitrogens is 1. The van der Waals surface area contributed by atoms with Gasteiger partial charge in [-0.1, -0.05) is 23.7 Å².